The molecule has 0 atom stereocenters. The van der Waals surface area contributed by atoms with Crippen LogP contribution in [0.4, 0.5) is 0 Å². The molecule has 1 saturated heterocycles. The van der Waals surface area contributed by atoms with Crippen molar-refractivity contribution in [1.82, 2.24) is 19.8 Å². The van der Waals surface area contributed by atoms with Crippen LogP contribution in [-0.2, 0) is 16.0 Å². The van der Waals surface area contributed by atoms with Crippen LogP contribution >= 0.6 is 0 Å². The number of ether oxygens (including phenoxy) is 2. The first kappa shape index (κ1) is 22.6. The molecule has 166 valence electrons. The van der Waals surface area contributed by atoms with Crippen LogP contribution in [-0.4, -0.2) is 73.0 Å². The minimum Gasteiger partial charge on any atom is -0.385 e. The van der Waals surface area contributed by atoms with Crippen molar-refractivity contribution in [3.8, 4) is 0 Å². The summed E-state index contributed by atoms with van der Waals surface area (Å²) in [7, 11) is 1.73. The first-order valence-electron chi connectivity index (χ1n) is 11.3. The van der Waals surface area contributed by atoms with Gasteiger partial charge >= 0.3 is 0 Å². The summed E-state index contributed by atoms with van der Waals surface area (Å²) in [6.07, 6.45) is 4.43. The highest BCUT2D eigenvalue weighted by atomic mass is 16.5. The Morgan fingerprint density at radius 3 is 2.77 bits per heavy atom. The van der Waals surface area contributed by atoms with E-state index >= 15 is 0 Å². The highest BCUT2D eigenvalue weighted by molar-refractivity contribution is 5.80. The molecule has 1 aliphatic rings. The van der Waals surface area contributed by atoms with Crippen molar-refractivity contribution in [2.24, 2.45) is 4.99 Å². The molecule has 0 spiro atoms. The van der Waals surface area contributed by atoms with Crippen molar-refractivity contribution >= 4 is 17.0 Å². The molecular weight excluding hydrogens is 378 g/mol. The monoisotopic (exact) mass is 415 g/mol. The largest absolute Gasteiger partial charge is 0.385 e. The summed E-state index contributed by atoms with van der Waals surface area (Å²) in [5, 5.41) is 3.46. The molecule has 1 N–H and O–H groups in total. The average molecular weight is 416 g/mol. The smallest absolute Gasteiger partial charge is 0.193 e. The number of likely N-dealkylation sites (tertiary alicyclic amines) is 1. The maximum Gasteiger partial charge on any atom is 0.193 e. The molecule has 1 fully saturated rings. The van der Waals surface area contributed by atoms with Crippen molar-refractivity contribution in [3.05, 3.63) is 30.1 Å². The summed E-state index contributed by atoms with van der Waals surface area (Å²) in [5.74, 6) is 2.10. The van der Waals surface area contributed by atoms with Crippen LogP contribution in [0.1, 0.15) is 38.4 Å². The Morgan fingerprint density at radius 1 is 1.20 bits per heavy atom. The van der Waals surface area contributed by atoms with Crippen LogP contribution in [0.2, 0.25) is 0 Å². The van der Waals surface area contributed by atoms with Crippen LogP contribution in [0, 0.1) is 6.92 Å². The lowest BCUT2D eigenvalue weighted by Gasteiger charge is -2.34. The van der Waals surface area contributed by atoms with E-state index in [9.17, 15) is 0 Å². The zero-order chi connectivity index (χ0) is 21.2. The molecule has 1 aromatic heterocycles. The van der Waals surface area contributed by atoms with Gasteiger partial charge in [-0.3, -0.25) is 4.99 Å². The maximum absolute atomic E-state index is 5.98. The number of hydrogen-bond acceptors (Lipinski definition) is 4. The zero-order valence-corrected chi connectivity index (χ0v) is 18.8. The van der Waals surface area contributed by atoms with E-state index in [-0.39, 0.29) is 0 Å². The fourth-order valence-electron chi connectivity index (χ4n) is 4.01. The van der Waals surface area contributed by atoms with E-state index in [0.717, 1.165) is 88.9 Å². The normalized spacial score (nSPS) is 15.8. The molecule has 0 radical (unpaired) electrons. The van der Waals surface area contributed by atoms with E-state index in [2.05, 4.69) is 51.8 Å². The molecule has 0 amide bonds. The first-order chi connectivity index (χ1) is 14.7. The van der Waals surface area contributed by atoms with Crippen molar-refractivity contribution in [3.63, 3.8) is 0 Å². The number of guanidine groups is 1. The zero-order valence-electron chi connectivity index (χ0n) is 18.8. The second-order valence-corrected chi connectivity index (χ2v) is 7.79. The lowest BCUT2D eigenvalue weighted by molar-refractivity contribution is 0.00990. The Kier molecular flexibility index (Phi) is 8.96. The number of aromatic nitrogens is 2. The predicted octanol–water partition coefficient (Wildman–Crippen LogP) is 3.22. The molecular formula is C23H37N5O2. The molecule has 1 aliphatic heterocycles. The fourth-order valence-corrected chi connectivity index (χ4v) is 4.01. The number of hydrogen-bond donors (Lipinski definition) is 1. The Balaban J connectivity index is 1.47. The number of para-hydroxylation sites is 2. The molecule has 0 unspecified atom stereocenters. The summed E-state index contributed by atoms with van der Waals surface area (Å²) in [4.78, 5) is 11.9. The molecule has 7 nitrogen and oxygen atoms in total. The van der Waals surface area contributed by atoms with E-state index in [1.807, 2.05) is 6.07 Å². The number of aliphatic imine (C=N–C) groups is 1. The van der Waals surface area contributed by atoms with Gasteiger partial charge in [0.25, 0.3) is 0 Å². The van der Waals surface area contributed by atoms with Gasteiger partial charge in [0.2, 0.25) is 0 Å². The number of benzene rings is 1. The topological polar surface area (TPSA) is 63.9 Å². The Bertz CT molecular complexity index is 796. The fraction of sp³-hybridized carbons (Fsp3) is 0.652. The number of imidazole rings is 1. The predicted molar refractivity (Wildman–Crippen MR) is 122 cm³/mol. The summed E-state index contributed by atoms with van der Waals surface area (Å²) in [5.41, 5.74) is 2.28. The van der Waals surface area contributed by atoms with E-state index in [4.69, 9.17) is 14.5 Å². The van der Waals surface area contributed by atoms with Gasteiger partial charge in [0.1, 0.15) is 5.82 Å². The van der Waals surface area contributed by atoms with Gasteiger partial charge in [-0.05, 0) is 51.7 Å². The number of methoxy groups -OCH3 is 1. The molecule has 1 aromatic carbocycles. The number of aryl methyl sites for hydroxylation is 2. The number of fused-ring (bicyclic) bond motifs is 1. The molecule has 30 heavy (non-hydrogen) atoms. The van der Waals surface area contributed by atoms with Gasteiger partial charge in [0, 0.05) is 53.0 Å². The highest BCUT2D eigenvalue weighted by Crippen LogP contribution is 2.16. The molecule has 0 aliphatic carbocycles. The number of piperidine rings is 1. The third-order valence-electron chi connectivity index (χ3n) is 5.57. The lowest BCUT2D eigenvalue weighted by Crippen LogP contribution is -2.47. The Hall–Kier alpha value is -2.12. The average Bonchev–Trinajstić information content (AvgIpc) is 3.09. The summed E-state index contributed by atoms with van der Waals surface area (Å²) in [6.45, 7) is 10.4. The quantitative estimate of drug-likeness (QED) is 0.367. The molecule has 2 aromatic rings. The molecule has 0 bridgehead atoms. The van der Waals surface area contributed by atoms with Crippen LogP contribution in [0.15, 0.2) is 29.3 Å². The molecule has 3 rings (SSSR count). The van der Waals surface area contributed by atoms with E-state index < -0.39 is 0 Å². The SMILES string of the molecule is CCNC(=NCCCn1c(C)nc2ccccc21)N1CCC(OCCCOC)CC1. The molecule has 7 heteroatoms. The van der Waals surface area contributed by atoms with E-state index in [0.29, 0.717) is 6.10 Å². The molecule has 2 heterocycles. The molecule has 0 saturated carbocycles. The van der Waals surface area contributed by atoms with Crippen molar-refractivity contribution in [2.75, 3.05) is 46.5 Å². The highest BCUT2D eigenvalue weighted by Gasteiger charge is 2.21. The Morgan fingerprint density at radius 2 is 2.00 bits per heavy atom. The van der Waals surface area contributed by atoms with Gasteiger partial charge in [-0.15, -0.1) is 0 Å². The summed E-state index contributed by atoms with van der Waals surface area (Å²) < 4.78 is 13.4. The van der Waals surface area contributed by atoms with Crippen LogP contribution < -0.4 is 5.32 Å². The third kappa shape index (κ3) is 6.19. The summed E-state index contributed by atoms with van der Waals surface area (Å²) in [6, 6.07) is 8.33. The first-order valence-corrected chi connectivity index (χ1v) is 11.3. The van der Waals surface area contributed by atoms with Gasteiger partial charge in [-0.2, -0.15) is 0 Å². The standard InChI is InChI=1S/C23H37N5O2/c1-4-24-23(27-15-11-20(12-16-27)30-18-8-17-29-3)25-13-7-14-28-19(2)26-21-9-5-6-10-22(21)28/h5-6,9-10,20H,4,7-8,11-18H2,1-3H3,(H,24,25). The van der Waals surface area contributed by atoms with Crippen LogP contribution in [0.25, 0.3) is 11.0 Å². The summed E-state index contributed by atoms with van der Waals surface area (Å²) >= 11 is 0. The third-order valence-corrected chi connectivity index (χ3v) is 5.57. The van der Waals surface area contributed by atoms with Gasteiger partial charge in [0.15, 0.2) is 5.96 Å². The van der Waals surface area contributed by atoms with Crippen LogP contribution in [0.5, 0.6) is 0 Å². The van der Waals surface area contributed by atoms with E-state index in [1.54, 1.807) is 7.11 Å². The number of rotatable bonds is 10. The second kappa shape index (κ2) is 11.9. The van der Waals surface area contributed by atoms with E-state index in [1.165, 1.54) is 5.52 Å². The van der Waals surface area contributed by atoms with Gasteiger partial charge in [0.05, 0.1) is 17.1 Å². The minimum atomic E-state index is 0.360. The van der Waals surface area contributed by atoms with Crippen LogP contribution in [0.3, 0.4) is 0 Å². The van der Waals surface area contributed by atoms with Crippen molar-refractivity contribution in [1.29, 1.82) is 0 Å². The Labute approximate surface area is 180 Å². The van der Waals surface area contributed by atoms with Crippen molar-refractivity contribution in [2.45, 2.75) is 52.2 Å². The second-order valence-electron chi connectivity index (χ2n) is 7.79. The lowest BCUT2D eigenvalue weighted by atomic mass is 10.1. The van der Waals surface area contributed by atoms with Gasteiger partial charge in [-0.1, -0.05) is 12.1 Å². The van der Waals surface area contributed by atoms with Gasteiger partial charge < -0.3 is 24.3 Å². The maximum atomic E-state index is 5.98. The minimum absolute atomic E-state index is 0.360. The number of nitrogens with one attached hydrogen (secondary N) is 1. The van der Waals surface area contributed by atoms with Gasteiger partial charge in [-0.25, -0.2) is 4.98 Å². The van der Waals surface area contributed by atoms with Crippen molar-refractivity contribution < 1.29 is 9.47 Å². The number of nitrogens with zero attached hydrogens (tertiary/aromatic N) is 4.